The molecular weight excluding hydrogens is 170 g/mol. The molecular formula is C9H19NO3. The van der Waals surface area contributed by atoms with Crippen LogP contribution in [0.15, 0.2) is 0 Å². The summed E-state index contributed by atoms with van der Waals surface area (Å²) in [7, 11) is 3.03. The first-order chi connectivity index (χ1) is 6.10. The predicted octanol–water partition coefficient (Wildman–Crippen LogP) is 0.564. The van der Waals surface area contributed by atoms with Gasteiger partial charge in [0.15, 0.2) is 0 Å². The molecule has 1 N–H and O–H groups in total. The fraction of sp³-hybridized carbons (Fsp3) is 0.889. The van der Waals surface area contributed by atoms with Crippen molar-refractivity contribution in [3.63, 3.8) is 0 Å². The van der Waals surface area contributed by atoms with Gasteiger partial charge in [0.2, 0.25) is 0 Å². The quantitative estimate of drug-likeness (QED) is 0.490. The lowest BCUT2D eigenvalue weighted by molar-refractivity contribution is -0.148. The van der Waals surface area contributed by atoms with Gasteiger partial charge in [0.05, 0.1) is 13.7 Å². The first-order valence-corrected chi connectivity index (χ1v) is 4.43. The van der Waals surface area contributed by atoms with Gasteiger partial charge in [-0.3, -0.25) is 10.1 Å². The highest BCUT2D eigenvalue weighted by atomic mass is 16.5. The van der Waals surface area contributed by atoms with E-state index in [1.807, 2.05) is 13.8 Å². The molecule has 4 nitrogen and oxygen atoms in total. The Morgan fingerprint density at radius 2 is 2.08 bits per heavy atom. The largest absolute Gasteiger partial charge is 0.468 e. The number of carbonyl (C=O) groups is 1. The van der Waals surface area contributed by atoms with Gasteiger partial charge in [-0.2, -0.15) is 0 Å². The summed E-state index contributed by atoms with van der Waals surface area (Å²) < 4.78 is 9.58. The fourth-order valence-electron chi connectivity index (χ4n) is 0.996. The molecule has 0 fully saturated rings. The summed E-state index contributed by atoms with van der Waals surface area (Å²) in [6, 6.07) is 0. The van der Waals surface area contributed by atoms with Gasteiger partial charge in [-0.05, 0) is 13.3 Å². The molecule has 0 aliphatic rings. The predicted molar refractivity (Wildman–Crippen MR) is 50.6 cm³/mol. The highest BCUT2D eigenvalue weighted by Gasteiger charge is 2.31. The van der Waals surface area contributed by atoms with Crippen molar-refractivity contribution in [1.29, 1.82) is 0 Å². The van der Waals surface area contributed by atoms with Gasteiger partial charge in [0.25, 0.3) is 0 Å². The summed E-state index contributed by atoms with van der Waals surface area (Å²) in [6.45, 7) is 5.01. The zero-order chi connectivity index (χ0) is 10.3. The van der Waals surface area contributed by atoms with E-state index in [-0.39, 0.29) is 5.97 Å². The smallest absolute Gasteiger partial charge is 0.325 e. The van der Waals surface area contributed by atoms with Gasteiger partial charge in [-0.15, -0.1) is 0 Å². The third-order valence-electron chi connectivity index (χ3n) is 2.16. The Balaban J connectivity index is 4.03. The lowest BCUT2D eigenvalue weighted by atomic mass is 9.99. The number of nitrogens with one attached hydrogen (secondary N) is 1. The van der Waals surface area contributed by atoms with Crippen molar-refractivity contribution >= 4 is 5.97 Å². The molecule has 0 aromatic carbocycles. The van der Waals surface area contributed by atoms with Crippen molar-refractivity contribution < 1.29 is 14.3 Å². The SMILES string of the molecule is CCC(C)(NCCOC)C(=O)OC. The van der Waals surface area contributed by atoms with Crippen LogP contribution in [0.1, 0.15) is 20.3 Å². The number of hydrogen-bond donors (Lipinski definition) is 1. The Hall–Kier alpha value is -0.610. The molecule has 0 saturated carbocycles. The normalized spacial score (nSPS) is 15.1. The van der Waals surface area contributed by atoms with E-state index in [1.54, 1.807) is 7.11 Å². The molecule has 0 radical (unpaired) electrons. The molecule has 0 amide bonds. The van der Waals surface area contributed by atoms with E-state index in [1.165, 1.54) is 7.11 Å². The summed E-state index contributed by atoms with van der Waals surface area (Å²) in [5.74, 6) is -0.230. The van der Waals surface area contributed by atoms with E-state index in [0.29, 0.717) is 19.6 Å². The third-order valence-corrected chi connectivity index (χ3v) is 2.16. The maximum atomic E-state index is 11.3. The Kier molecular flexibility index (Phi) is 5.66. The third kappa shape index (κ3) is 3.74. The maximum absolute atomic E-state index is 11.3. The number of methoxy groups -OCH3 is 2. The van der Waals surface area contributed by atoms with Gasteiger partial charge in [0.1, 0.15) is 5.54 Å². The maximum Gasteiger partial charge on any atom is 0.325 e. The minimum Gasteiger partial charge on any atom is -0.468 e. The summed E-state index contributed by atoms with van der Waals surface area (Å²) in [5, 5.41) is 3.10. The van der Waals surface area contributed by atoms with Gasteiger partial charge in [-0.25, -0.2) is 0 Å². The minimum absolute atomic E-state index is 0.230. The Labute approximate surface area is 79.6 Å². The van der Waals surface area contributed by atoms with Gasteiger partial charge >= 0.3 is 5.97 Å². The van der Waals surface area contributed by atoms with Gasteiger partial charge in [-0.1, -0.05) is 6.92 Å². The van der Waals surface area contributed by atoms with Gasteiger partial charge in [0, 0.05) is 13.7 Å². The first kappa shape index (κ1) is 12.4. The molecule has 0 spiro atoms. The number of ether oxygens (including phenoxy) is 2. The Bertz CT molecular complexity index is 161. The van der Waals surface area contributed by atoms with Crippen molar-refractivity contribution in [2.45, 2.75) is 25.8 Å². The highest BCUT2D eigenvalue weighted by molar-refractivity contribution is 5.80. The Morgan fingerprint density at radius 3 is 2.46 bits per heavy atom. The molecule has 0 aromatic heterocycles. The topological polar surface area (TPSA) is 47.6 Å². The van der Waals surface area contributed by atoms with Crippen LogP contribution >= 0.6 is 0 Å². The monoisotopic (exact) mass is 189 g/mol. The van der Waals surface area contributed by atoms with E-state index in [4.69, 9.17) is 9.47 Å². The number of hydrogen-bond acceptors (Lipinski definition) is 4. The van der Waals surface area contributed by atoms with E-state index in [0.717, 1.165) is 0 Å². The standard InChI is InChI=1S/C9H19NO3/c1-5-9(2,8(11)13-4)10-6-7-12-3/h10H,5-7H2,1-4H3. The first-order valence-electron chi connectivity index (χ1n) is 4.43. The van der Waals surface area contributed by atoms with Crippen LogP contribution in [0.5, 0.6) is 0 Å². The summed E-state index contributed by atoms with van der Waals surface area (Å²) in [4.78, 5) is 11.3. The van der Waals surface area contributed by atoms with E-state index in [2.05, 4.69) is 5.32 Å². The lowest BCUT2D eigenvalue weighted by Gasteiger charge is -2.26. The van der Waals surface area contributed by atoms with E-state index in [9.17, 15) is 4.79 Å². The van der Waals surface area contributed by atoms with Crippen molar-refractivity contribution in [3.8, 4) is 0 Å². The van der Waals surface area contributed by atoms with Crippen LogP contribution in [0.2, 0.25) is 0 Å². The second kappa shape index (κ2) is 5.94. The van der Waals surface area contributed by atoms with E-state index >= 15 is 0 Å². The van der Waals surface area contributed by atoms with Crippen LogP contribution in [-0.2, 0) is 14.3 Å². The van der Waals surface area contributed by atoms with Crippen LogP contribution in [0, 0.1) is 0 Å². The average molecular weight is 189 g/mol. The summed E-state index contributed by atoms with van der Waals surface area (Å²) in [5.41, 5.74) is -0.590. The van der Waals surface area contributed by atoms with Crippen LogP contribution in [0.3, 0.4) is 0 Å². The van der Waals surface area contributed by atoms with Gasteiger partial charge < -0.3 is 9.47 Å². The zero-order valence-electron chi connectivity index (χ0n) is 8.85. The molecule has 0 rings (SSSR count). The zero-order valence-corrected chi connectivity index (χ0v) is 8.85. The number of carbonyl (C=O) groups excluding carboxylic acids is 1. The van der Waals surface area contributed by atoms with Crippen LogP contribution in [-0.4, -0.2) is 38.9 Å². The molecule has 0 saturated heterocycles. The molecule has 1 unspecified atom stereocenters. The Morgan fingerprint density at radius 1 is 1.46 bits per heavy atom. The van der Waals surface area contributed by atoms with Crippen molar-refractivity contribution in [2.24, 2.45) is 0 Å². The molecule has 1 atom stereocenters. The molecule has 4 heteroatoms. The van der Waals surface area contributed by atoms with Crippen LogP contribution in [0.4, 0.5) is 0 Å². The highest BCUT2D eigenvalue weighted by Crippen LogP contribution is 2.10. The van der Waals surface area contributed by atoms with Crippen LogP contribution in [0.25, 0.3) is 0 Å². The lowest BCUT2D eigenvalue weighted by Crippen LogP contribution is -2.50. The van der Waals surface area contributed by atoms with Crippen molar-refractivity contribution in [2.75, 3.05) is 27.4 Å². The molecule has 13 heavy (non-hydrogen) atoms. The minimum atomic E-state index is -0.590. The number of rotatable bonds is 6. The second-order valence-corrected chi connectivity index (χ2v) is 3.10. The summed E-state index contributed by atoms with van der Waals surface area (Å²) >= 11 is 0. The van der Waals surface area contributed by atoms with Crippen molar-refractivity contribution in [1.82, 2.24) is 5.32 Å². The summed E-state index contributed by atoms with van der Waals surface area (Å²) in [6.07, 6.45) is 0.698. The fourth-order valence-corrected chi connectivity index (χ4v) is 0.996. The molecule has 78 valence electrons. The number of esters is 1. The molecule has 0 aliphatic heterocycles. The molecule has 0 aliphatic carbocycles. The average Bonchev–Trinajstić information content (AvgIpc) is 2.16. The second-order valence-electron chi connectivity index (χ2n) is 3.10. The van der Waals surface area contributed by atoms with Crippen LogP contribution < -0.4 is 5.32 Å². The molecule has 0 bridgehead atoms. The van der Waals surface area contributed by atoms with Crippen molar-refractivity contribution in [3.05, 3.63) is 0 Å². The molecule has 0 heterocycles. The molecule has 0 aromatic rings. The van der Waals surface area contributed by atoms with E-state index < -0.39 is 5.54 Å².